The van der Waals surface area contributed by atoms with Gasteiger partial charge in [-0.1, -0.05) is 48.5 Å². The normalized spacial score (nSPS) is 14.6. The number of nitrogens with zero attached hydrogens (tertiary/aromatic N) is 4. The zero-order valence-electron chi connectivity index (χ0n) is 17.1. The topological polar surface area (TPSA) is 127 Å². The van der Waals surface area contributed by atoms with Gasteiger partial charge in [-0.2, -0.15) is 4.98 Å². The molecule has 0 spiro atoms. The van der Waals surface area contributed by atoms with Crippen LogP contribution in [0.3, 0.4) is 0 Å². The molecule has 0 radical (unpaired) electrons. The predicted molar refractivity (Wildman–Crippen MR) is 117 cm³/mol. The summed E-state index contributed by atoms with van der Waals surface area (Å²) in [5.41, 5.74) is 6.95. The number of aromatic nitrogens is 2. The summed E-state index contributed by atoms with van der Waals surface area (Å²) in [6.07, 6.45) is 1.67. The Kier molecular flexibility index (Phi) is 5.87. The van der Waals surface area contributed by atoms with E-state index in [-0.39, 0.29) is 53.0 Å². The molecule has 2 aromatic carbocycles. The number of amides is 2. The third-order valence-electron chi connectivity index (χ3n) is 5.12. The molecule has 9 nitrogen and oxygen atoms in total. The van der Waals surface area contributed by atoms with Crippen LogP contribution in [0.25, 0.3) is 0 Å². The highest BCUT2D eigenvalue weighted by molar-refractivity contribution is 7.91. The van der Waals surface area contributed by atoms with E-state index in [9.17, 15) is 18.0 Å². The average molecular weight is 452 g/mol. The molecule has 2 N–H and O–H groups in total. The van der Waals surface area contributed by atoms with Gasteiger partial charge in [-0.3, -0.25) is 14.5 Å². The van der Waals surface area contributed by atoms with Crippen LogP contribution in [0.4, 0.5) is 11.8 Å². The van der Waals surface area contributed by atoms with Gasteiger partial charge in [-0.05, 0) is 24.1 Å². The van der Waals surface area contributed by atoms with Crippen molar-refractivity contribution in [3.05, 3.63) is 72.4 Å². The van der Waals surface area contributed by atoms with E-state index in [0.717, 1.165) is 11.8 Å². The largest absolute Gasteiger partial charge is 0.382 e. The summed E-state index contributed by atoms with van der Waals surface area (Å²) in [4.78, 5) is 35.8. The molecule has 0 bridgehead atoms. The zero-order chi connectivity index (χ0) is 22.7. The number of hydrogen-bond acceptors (Lipinski definition) is 8. The van der Waals surface area contributed by atoms with E-state index in [4.69, 9.17) is 5.73 Å². The molecule has 1 saturated heterocycles. The molecule has 0 aliphatic carbocycles. The van der Waals surface area contributed by atoms with Gasteiger partial charge in [0.25, 0.3) is 0 Å². The van der Waals surface area contributed by atoms with Crippen LogP contribution in [0.1, 0.15) is 5.56 Å². The lowest BCUT2D eigenvalue weighted by Gasteiger charge is -2.32. The fraction of sp³-hybridized carbons (Fsp3) is 0.182. The Bertz CT molecular complexity index is 1230. The number of anilines is 2. The minimum absolute atomic E-state index is 0.0268. The van der Waals surface area contributed by atoms with Gasteiger partial charge in [0.1, 0.15) is 23.8 Å². The molecule has 1 aliphatic heterocycles. The fourth-order valence-corrected chi connectivity index (χ4v) is 4.71. The summed E-state index contributed by atoms with van der Waals surface area (Å²) in [6, 6.07) is 17.4. The Morgan fingerprint density at radius 1 is 0.906 bits per heavy atom. The van der Waals surface area contributed by atoms with Crippen LogP contribution >= 0.6 is 0 Å². The molecule has 164 valence electrons. The van der Waals surface area contributed by atoms with Crippen LogP contribution in [0.5, 0.6) is 0 Å². The minimum Gasteiger partial charge on any atom is -0.382 e. The first-order valence-corrected chi connectivity index (χ1v) is 11.4. The average Bonchev–Trinajstić information content (AvgIpc) is 2.79. The number of imide groups is 1. The second-order valence-corrected chi connectivity index (χ2v) is 9.18. The van der Waals surface area contributed by atoms with Crippen LogP contribution < -0.4 is 10.6 Å². The molecular formula is C22H21N5O4S. The first-order chi connectivity index (χ1) is 15.4. The number of piperazine rings is 1. The smallest absolute Gasteiger partial charge is 0.248 e. The van der Waals surface area contributed by atoms with Crippen LogP contribution in [0.2, 0.25) is 0 Å². The summed E-state index contributed by atoms with van der Waals surface area (Å²) in [5, 5.41) is 0. The zero-order valence-corrected chi connectivity index (χ0v) is 17.9. The highest BCUT2D eigenvalue weighted by Crippen LogP contribution is 2.25. The lowest BCUT2D eigenvalue weighted by Crippen LogP contribution is -2.55. The second-order valence-electron chi connectivity index (χ2n) is 7.27. The van der Waals surface area contributed by atoms with E-state index in [1.165, 1.54) is 21.9 Å². The molecule has 3 aromatic rings. The van der Waals surface area contributed by atoms with Crippen molar-refractivity contribution in [2.75, 3.05) is 30.3 Å². The summed E-state index contributed by atoms with van der Waals surface area (Å²) in [7, 11) is -3.89. The summed E-state index contributed by atoms with van der Waals surface area (Å²) >= 11 is 0. The third-order valence-corrected chi connectivity index (χ3v) is 6.90. The van der Waals surface area contributed by atoms with Gasteiger partial charge in [0.2, 0.25) is 27.6 Å². The molecular weight excluding hydrogens is 430 g/mol. The SMILES string of the molecule is Nc1nc(N2CC(=O)N(CCc3ccccc3)C(=O)C2)ncc1S(=O)(=O)c1ccccc1. The predicted octanol–water partition coefficient (Wildman–Crippen LogP) is 1.31. The van der Waals surface area contributed by atoms with Gasteiger partial charge in [0.05, 0.1) is 11.1 Å². The van der Waals surface area contributed by atoms with E-state index in [0.29, 0.717) is 6.42 Å². The molecule has 0 unspecified atom stereocenters. The molecule has 1 aliphatic rings. The molecule has 2 heterocycles. The number of rotatable bonds is 6. The van der Waals surface area contributed by atoms with Crippen LogP contribution in [-0.4, -0.2) is 54.7 Å². The fourth-order valence-electron chi connectivity index (χ4n) is 3.43. The van der Waals surface area contributed by atoms with Gasteiger partial charge in [0.15, 0.2) is 0 Å². The number of sulfone groups is 1. The van der Waals surface area contributed by atoms with Crippen molar-refractivity contribution >= 4 is 33.4 Å². The van der Waals surface area contributed by atoms with Gasteiger partial charge >= 0.3 is 0 Å². The molecule has 1 aromatic heterocycles. The van der Waals surface area contributed by atoms with Gasteiger partial charge in [0, 0.05) is 6.54 Å². The molecule has 4 rings (SSSR count). The third kappa shape index (κ3) is 4.30. The second kappa shape index (κ2) is 8.75. The van der Waals surface area contributed by atoms with Crippen molar-refractivity contribution in [1.82, 2.24) is 14.9 Å². The van der Waals surface area contributed by atoms with Crippen molar-refractivity contribution in [3.8, 4) is 0 Å². The number of nitrogens with two attached hydrogens (primary N) is 1. The van der Waals surface area contributed by atoms with Crippen molar-refractivity contribution in [1.29, 1.82) is 0 Å². The van der Waals surface area contributed by atoms with Crippen LogP contribution in [0, 0.1) is 0 Å². The summed E-state index contributed by atoms with van der Waals surface area (Å²) in [6.45, 7) is 0.0717. The van der Waals surface area contributed by atoms with Gasteiger partial charge < -0.3 is 10.6 Å². The first kappa shape index (κ1) is 21.4. The van der Waals surface area contributed by atoms with Crippen molar-refractivity contribution in [2.45, 2.75) is 16.2 Å². The quantitative estimate of drug-likeness (QED) is 0.556. The van der Waals surface area contributed by atoms with Gasteiger partial charge in [-0.25, -0.2) is 13.4 Å². The number of nitrogen functional groups attached to an aromatic ring is 1. The Hall–Kier alpha value is -3.79. The van der Waals surface area contributed by atoms with E-state index in [1.807, 2.05) is 30.3 Å². The molecule has 10 heteroatoms. The van der Waals surface area contributed by atoms with E-state index < -0.39 is 9.84 Å². The van der Waals surface area contributed by atoms with Crippen molar-refractivity contribution in [3.63, 3.8) is 0 Å². The minimum atomic E-state index is -3.89. The van der Waals surface area contributed by atoms with Crippen molar-refractivity contribution in [2.24, 2.45) is 0 Å². The summed E-state index contributed by atoms with van der Waals surface area (Å²) in [5.74, 6) is -0.968. The Morgan fingerprint density at radius 3 is 2.09 bits per heavy atom. The lowest BCUT2D eigenvalue weighted by molar-refractivity contribution is -0.145. The van der Waals surface area contributed by atoms with E-state index >= 15 is 0 Å². The standard InChI is InChI=1S/C22H21N5O4S/c23-21-18(32(30,31)17-9-5-2-6-10-17)13-24-22(25-21)26-14-19(28)27(20(29)15-26)12-11-16-7-3-1-4-8-16/h1-10,13H,11-12,14-15H2,(H2,23,24,25). The number of benzene rings is 2. The molecule has 2 amide bonds. The maximum absolute atomic E-state index is 12.8. The lowest BCUT2D eigenvalue weighted by atomic mass is 10.1. The number of hydrogen-bond donors (Lipinski definition) is 1. The van der Waals surface area contributed by atoms with E-state index in [2.05, 4.69) is 9.97 Å². The van der Waals surface area contributed by atoms with Gasteiger partial charge in [-0.15, -0.1) is 0 Å². The van der Waals surface area contributed by atoms with Crippen LogP contribution in [0.15, 0.2) is 76.7 Å². The van der Waals surface area contributed by atoms with E-state index in [1.54, 1.807) is 18.2 Å². The monoisotopic (exact) mass is 451 g/mol. The molecule has 32 heavy (non-hydrogen) atoms. The Morgan fingerprint density at radius 2 is 1.50 bits per heavy atom. The highest BCUT2D eigenvalue weighted by Gasteiger charge is 2.33. The van der Waals surface area contributed by atoms with Crippen LogP contribution in [-0.2, 0) is 25.8 Å². The Labute approximate surface area is 185 Å². The summed E-state index contributed by atoms with van der Waals surface area (Å²) < 4.78 is 25.6. The maximum atomic E-state index is 12.8. The highest BCUT2D eigenvalue weighted by atomic mass is 32.2. The molecule has 0 saturated carbocycles. The Balaban J connectivity index is 1.49. The molecule has 0 atom stereocenters. The number of carbonyl (C=O) groups is 2. The first-order valence-electron chi connectivity index (χ1n) is 9.91. The van der Waals surface area contributed by atoms with Crippen molar-refractivity contribution < 1.29 is 18.0 Å². The maximum Gasteiger partial charge on any atom is 0.248 e. The molecule has 1 fully saturated rings. The number of carbonyl (C=O) groups excluding carboxylic acids is 2.